The molecule has 0 spiro atoms. The van der Waals surface area contributed by atoms with Crippen LogP contribution in [0.2, 0.25) is 0 Å². The first-order valence-corrected chi connectivity index (χ1v) is 6.24. The summed E-state index contributed by atoms with van der Waals surface area (Å²) >= 11 is 0. The van der Waals surface area contributed by atoms with Gasteiger partial charge < -0.3 is 4.74 Å². The Morgan fingerprint density at radius 1 is 1.47 bits per heavy atom. The number of hydrogen-bond acceptors (Lipinski definition) is 1. The molecule has 0 aliphatic heterocycles. The van der Waals surface area contributed by atoms with Crippen molar-refractivity contribution < 1.29 is 4.74 Å². The minimum atomic E-state index is 0.427. The van der Waals surface area contributed by atoms with Gasteiger partial charge in [0.25, 0.3) is 0 Å². The summed E-state index contributed by atoms with van der Waals surface area (Å²) in [6.07, 6.45) is 12.0. The van der Waals surface area contributed by atoms with Crippen molar-refractivity contribution in [3.8, 4) is 0 Å². The topological polar surface area (TPSA) is 9.23 Å². The SMILES string of the molecule is CCCCC(OCC)C1CC=CC=C1C. The third kappa shape index (κ3) is 3.83. The standard InChI is InChI=1S/C14H24O/c1-4-6-11-14(15-5-2)13-10-8-7-9-12(13)3/h7-9,13-14H,4-6,10-11H2,1-3H3. The van der Waals surface area contributed by atoms with Gasteiger partial charge in [-0.15, -0.1) is 0 Å². The largest absolute Gasteiger partial charge is 0.378 e. The number of allylic oxidation sites excluding steroid dienone is 3. The number of hydrogen-bond donors (Lipinski definition) is 0. The first-order valence-electron chi connectivity index (χ1n) is 6.24. The zero-order chi connectivity index (χ0) is 11.1. The van der Waals surface area contributed by atoms with Crippen LogP contribution in [0, 0.1) is 5.92 Å². The molecule has 0 saturated carbocycles. The maximum absolute atomic E-state index is 5.88. The fraction of sp³-hybridized carbons (Fsp3) is 0.714. The van der Waals surface area contributed by atoms with E-state index in [2.05, 4.69) is 39.0 Å². The Morgan fingerprint density at radius 2 is 2.27 bits per heavy atom. The van der Waals surface area contributed by atoms with E-state index in [0.717, 1.165) is 13.0 Å². The first-order chi connectivity index (χ1) is 7.29. The lowest BCUT2D eigenvalue weighted by Crippen LogP contribution is -2.25. The lowest BCUT2D eigenvalue weighted by atomic mass is 9.85. The van der Waals surface area contributed by atoms with Crippen molar-refractivity contribution in [1.82, 2.24) is 0 Å². The van der Waals surface area contributed by atoms with Crippen LogP contribution in [0.4, 0.5) is 0 Å². The molecular weight excluding hydrogens is 184 g/mol. The molecule has 0 aromatic heterocycles. The van der Waals surface area contributed by atoms with Crippen LogP contribution in [0.1, 0.15) is 46.5 Å². The maximum Gasteiger partial charge on any atom is 0.0643 e. The van der Waals surface area contributed by atoms with E-state index in [4.69, 9.17) is 4.74 Å². The minimum absolute atomic E-state index is 0.427. The highest BCUT2D eigenvalue weighted by Gasteiger charge is 2.22. The average Bonchev–Trinajstić information content (AvgIpc) is 2.25. The van der Waals surface area contributed by atoms with E-state index in [0.29, 0.717) is 12.0 Å². The molecule has 0 aromatic carbocycles. The van der Waals surface area contributed by atoms with Gasteiger partial charge in [-0.2, -0.15) is 0 Å². The van der Waals surface area contributed by atoms with Gasteiger partial charge in [0.2, 0.25) is 0 Å². The summed E-state index contributed by atoms with van der Waals surface area (Å²) in [5, 5.41) is 0. The molecule has 0 bridgehead atoms. The Morgan fingerprint density at radius 3 is 2.87 bits per heavy atom. The Labute approximate surface area is 94.2 Å². The van der Waals surface area contributed by atoms with Crippen molar-refractivity contribution in [2.75, 3.05) is 6.61 Å². The third-order valence-electron chi connectivity index (χ3n) is 3.14. The highest BCUT2D eigenvalue weighted by Crippen LogP contribution is 2.28. The predicted octanol–water partition coefficient (Wildman–Crippen LogP) is 4.10. The molecule has 0 heterocycles. The van der Waals surface area contributed by atoms with Gasteiger partial charge in [-0.3, -0.25) is 0 Å². The van der Waals surface area contributed by atoms with Gasteiger partial charge >= 0.3 is 0 Å². The van der Waals surface area contributed by atoms with Gasteiger partial charge in [0, 0.05) is 12.5 Å². The average molecular weight is 208 g/mol. The van der Waals surface area contributed by atoms with Crippen LogP contribution in [0.3, 0.4) is 0 Å². The van der Waals surface area contributed by atoms with Crippen molar-refractivity contribution in [3.63, 3.8) is 0 Å². The molecule has 0 fully saturated rings. The highest BCUT2D eigenvalue weighted by atomic mass is 16.5. The van der Waals surface area contributed by atoms with Gasteiger partial charge in [-0.1, -0.05) is 43.6 Å². The van der Waals surface area contributed by atoms with Crippen LogP contribution in [0.15, 0.2) is 23.8 Å². The van der Waals surface area contributed by atoms with Crippen LogP contribution >= 0.6 is 0 Å². The van der Waals surface area contributed by atoms with Gasteiger partial charge in [0.15, 0.2) is 0 Å². The normalized spacial score (nSPS) is 22.6. The van der Waals surface area contributed by atoms with Crippen LogP contribution in [0.5, 0.6) is 0 Å². The highest BCUT2D eigenvalue weighted by molar-refractivity contribution is 5.20. The molecule has 1 rings (SSSR count). The number of unbranched alkanes of at least 4 members (excludes halogenated alkanes) is 1. The van der Waals surface area contributed by atoms with Gasteiger partial charge in [-0.25, -0.2) is 0 Å². The summed E-state index contributed by atoms with van der Waals surface area (Å²) < 4.78 is 5.88. The Kier molecular flexibility index (Phi) is 5.70. The van der Waals surface area contributed by atoms with E-state index in [-0.39, 0.29) is 0 Å². The van der Waals surface area contributed by atoms with E-state index >= 15 is 0 Å². The molecule has 0 radical (unpaired) electrons. The van der Waals surface area contributed by atoms with Crippen molar-refractivity contribution >= 4 is 0 Å². The summed E-state index contributed by atoms with van der Waals surface area (Å²) in [7, 11) is 0. The minimum Gasteiger partial charge on any atom is -0.378 e. The molecule has 0 aromatic rings. The first kappa shape index (κ1) is 12.5. The second-order valence-electron chi connectivity index (χ2n) is 4.32. The van der Waals surface area contributed by atoms with Crippen molar-refractivity contribution in [2.24, 2.45) is 5.92 Å². The predicted molar refractivity (Wildman–Crippen MR) is 65.9 cm³/mol. The molecule has 1 aliphatic carbocycles. The van der Waals surface area contributed by atoms with E-state index in [1.165, 1.54) is 24.8 Å². The summed E-state index contributed by atoms with van der Waals surface area (Å²) in [6.45, 7) is 7.40. The summed E-state index contributed by atoms with van der Waals surface area (Å²) in [5.74, 6) is 0.612. The molecule has 1 heteroatoms. The Hall–Kier alpha value is -0.560. The third-order valence-corrected chi connectivity index (χ3v) is 3.14. The summed E-state index contributed by atoms with van der Waals surface area (Å²) in [5.41, 5.74) is 1.48. The van der Waals surface area contributed by atoms with Gasteiger partial charge in [-0.05, 0) is 26.7 Å². The van der Waals surface area contributed by atoms with Gasteiger partial charge in [0.05, 0.1) is 6.10 Å². The molecule has 0 saturated heterocycles. The smallest absolute Gasteiger partial charge is 0.0643 e. The Bertz CT molecular complexity index is 227. The summed E-state index contributed by atoms with van der Waals surface area (Å²) in [4.78, 5) is 0. The fourth-order valence-corrected chi connectivity index (χ4v) is 2.22. The van der Waals surface area contributed by atoms with Crippen LogP contribution < -0.4 is 0 Å². The monoisotopic (exact) mass is 208 g/mol. The molecule has 2 unspecified atom stereocenters. The summed E-state index contributed by atoms with van der Waals surface area (Å²) in [6, 6.07) is 0. The fourth-order valence-electron chi connectivity index (χ4n) is 2.22. The zero-order valence-electron chi connectivity index (χ0n) is 10.3. The molecule has 0 N–H and O–H groups in total. The maximum atomic E-state index is 5.88. The van der Waals surface area contributed by atoms with Crippen molar-refractivity contribution in [3.05, 3.63) is 23.8 Å². The van der Waals surface area contributed by atoms with Crippen molar-refractivity contribution in [1.29, 1.82) is 0 Å². The van der Waals surface area contributed by atoms with E-state index in [9.17, 15) is 0 Å². The van der Waals surface area contributed by atoms with Crippen molar-refractivity contribution in [2.45, 2.75) is 52.6 Å². The molecule has 2 atom stereocenters. The number of ether oxygens (including phenoxy) is 1. The molecule has 1 nitrogen and oxygen atoms in total. The molecule has 0 amide bonds. The second kappa shape index (κ2) is 6.84. The lowest BCUT2D eigenvalue weighted by Gasteiger charge is -2.28. The van der Waals surface area contributed by atoms with E-state index < -0.39 is 0 Å². The van der Waals surface area contributed by atoms with Crippen LogP contribution in [-0.2, 0) is 4.74 Å². The molecule has 15 heavy (non-hydrogen) atoms. The van der Waals surface area contributed by atoms with E-state index in [1.807, 2.05) is 0 Å². The molecule has 1 aliphatic rings. The Balaban J connectivity index is 2.54. The van der Waals surface area contributed by atoms with E-state index in [1.54, 1.807) is 0 Å². The molecular formula is C14H24O. The zero-order valence-corrected chi connectivity index (χ0v) is 10.3. The second-order valence-corrected chi connectivity index (χ2v) is 4.32. The quantitative estimate of drug-likeness (QED) is 0.638. The van der Waals surface area contributed by atoms with Gasteiger partial charge in [0.1, 0.15) is 0 Å². The lowest BCUT2D eigenvalue weighted by molar-refractivity contribution is 0.0236. The van der Waals surface area contributed by atoms with Crippen LogP contribution in [0.25, 0.3) is 0 Å². The van der Waals surface area contributed by atoms with Crippen LogP contribution in [-0.4, -0.2) is 12.7 Å². The molecule has 86 valence electrons. The number of rotatable bonds is 6.